The molecule has 1 atom stereocenters. The monoisotopic (exact) mass is 506 g/mol. The SMILES string of the molecule is CCCCCCC(O)CCCCCCCCCCC(=O)[O-].O=C([O-])CCCCCCCC(=O)[O-].[Li+].[Li+].[Li+]. The summed E-state index contributed by atoms with van der Waals surface area (Å²) in [5, 5.41) is 40.0. The smallest absolute Gasteiger partial charge is 0.550 e. The fourth-order valence-electron chi connectivity index (χ4n) is 3.73. The second-order valence-corrected chi connectivity index (χ2v) is 9.25. The number of hydrogen-bond acceptors (Lipinski definition) is 7. The molecule has 0 amide bonds. The summed E-state index contributed by atoms with van der Waals surface area (Å²) in [6, 6.07) is 0. The number of unbranched alkanes of at least 4 members (excludes halogenated alkanes) is 14. The molecular weight excluding hydrogens is 457 g/mol. The van der Waals surface area contributed by atoms with Crippen molar-refractivity contribution in [3.8, 4) is 0 Å². The number of carbonyl (C=O) groups excluding carboxylic acids is 3. The summed E-state index contributed by atoms with van der Waals surface area (Å²) < 4.78 is 0. The summed E-state index contributed by atoms with van der Waals surface area (Å²) in [7, 11) is 0. The Morgan fingerprint density at radius 2 is 0.730 bits per heavy atom. The van der Waals surface area contributed by atoms with Gasteiger partial charge in [0.25, 0.3) is 0 Å². The number of carbonyl (C=O) groups is 3. The third-order valence-corrected chi connectivity index (χ3v) is 5.82. The van der Waals surface area contributed by atoms with Crippen molar-refractivity contribution >= 4 is 17.9 Å². The fourth-order valence-corrected chi connectivity index (χ4v) is 3.73. The molecule has 37 heavy (non-hydrogen) atoms. The molecule has 0 rings (SSSR count). The maximum atomic E-state index is 10.2. The van der Waals surface area contributed by atoms with Crippen LogP contribution in [0.15, 0.2) is 0 Å². The van der Waals surface area contributed by atoms with E-state index >= 15 is 0 Å². The van der Waals surface area contributed by atoms with Gasteiger partial charge in [-0.3, -0.25) is 0 Å². The summed E-state index contributed by atoms with van der Waals surface area (Å²) in [4.78, 5) is 30.2. The molecular formula is C27H49Li3O7. The minimum atomic E-state index is -1.02. The minimum absolute atomic E-state index is 0. The first-order chi connectivity index (χ1) is 16.3. The molecule has 0 heterocycles. The standard InChI is InChI=1S/C18H36O3.C9H16O4.3Li/c1-2-3-4-11-14-17(19)15-12-9-7-5-6-8-10-13-16-18(20)21;10-8(11)6-4-2-1-3-5-7-9(12)13;;;/h17,19H,2-16H2,1H3,(H,20,21);1-7H2,(H,10,11)(H,12,13);;;/q;;3*+1/p-3. The van der Waals surface area contributed by atoms with Crippen molar-refractivity contribution < 1.29 is 91.4 Å². The Kier molecular flexibility index (Phi) is 48.6. The van der Waals surface area contributed by atoms with Gasteiger partial charge in [-0.2, -0.15) is 0 Å². The molecule has 0 aliphatic carbocycles. The van der Waals surface area contributed by atoms with E-state index in [9.17, 15) is 34.8 Å². The van der Waals surface area contributed by atoms with Crippen molar-refractivity contribution in [2.75, 3.05) is 0 Å². The van der Waals surface area contributed by atoms with Crippen LogP contribution in [0.1, 0.15) is 148 Å². The molecule has 0 aromatic rings. The number of carboxylic acids is 3. The zero-order valence-corrected chi connectivity index (χ0v) is 24.5. The maximum absolute atomic E-state index is 10.2. The maximum Gasteiger partial charge on any atom is 1.00 e. The first-order valence-electron chi connectivity index (χ1n) is 13.6. The van der Waals surface area contributed by atoms with Gasteiger partial charge in [0, 0.05) is 17.9 Å². The van der Waals surface area contributed by atoms with E-state index in [1.807, 2.05) is 0 Å². The average Bonchev–Trinajstić information content (AvgIpc) is 2.77. The first-order valence-corrected chi connectivity index (χ1v) is 13.6. The molecule has 7 nitrogen and oxygen atoms in total. The summed E-state index contributed by atoms with van der Waals surface area (Å²) in [5.74, 6) is -2.97. The summed E-state index contributed by atoms with van der Waals surface area (Å²) in [6.45, 7) is 2.21. The van der Waals surface area contributed by atoms with Crippen LogP contribution in [0.2, 0.25) is 0 Å². The molecule has 0 saturated carbocycles. The third-order valence-electron chi connectivity index (χ3n) is 5.82. The van der Waals surface area contributed by atoms with E-state index in [2.05, 4.69) is 6.92 Å². The number of aliphatic hydroxyl groups excluding tert-OH is 1. The molecule has 10 heteroatoms. The van der Waals surface area contributed by atoms with Crippen molar-refractivity contribution in [3.05, 3.63) is 0 Å². The second kappa shape index (κ2) is 38.3. The molecule has 1 unspecified atom stereocenters. The zero-order valence-electron chi connectivity index (χ0n) is 24.5. The van der Waals surface area contributed by atoms with Crippen LogP contribution in [0.25, 0.3) is 0 Å². The molecule has 0 saturated heterocycles. The fraction of sp³-hybridized carbons (Fsp3) is 0.889. The Morgan fingerprint density at radius 1 is 0.486 bits per heavy atom. The van der Waals surface area contributed by atoms with E-state index < -0.39 is 17.9 Å². The molecule has 0 aliphatic rings. The van der Waals surface area contributed by atoms with Crippen LogP contribution in [0.3, 0.4) is 0 Å². The summed E-state index contributed by atoms with van der Waals surface area (Å²) in [5.41, 5.74) is 0. The van der Waals surface area contributed by atoms with Crippen molar-refractivity contribution in [2.45, 2.75) is 154 Å². The molecule has 0 aliphatic heterocycles. The molecule has 202 valence electrons. The first kappa shape index (κ1) is 47.0. The van der Waals surface area contributed by atoms with Crippen LogP contribution < -0.4 is 71.9 Å². The van der Waals surface area contributed by atoms with Crippen molar-refractivity contribution in [3.63, 3.8) is 0 Å². The van der Waals surface area contributed by atoms with E-state index in [0.29, 0.717) is 12.8 Å². The van der Waals surface area contributed by atoms with Crippen LogP contribution >= 0.6 is 0 Å². The Labute approximate surface area is 262 Å². The topological polar surface area (TPSA) is 141 Å². The van der Waals surface area contributed by atoms with E-state index in [1.165, 1.54) is 51.4 Å². The molecule has 0 aromatic carbocycles. The minimum Gasteiger partial charge on any atom is -0.550 e. The normalized spacial score (nSPS) is 10.5. The summed E-state index contributed by atoms with van der Waals surface area (Å²) in [6.07, 6.45) is 19.9. The Bertz CT molecular complexity index is 477. The number of hydrogen-bond donors (Lipinski definition) is 1. The molecule has 0 radical (unpaired) electrons. The van der Waals surface area contributed by atoms with E-state index in [0.717, 1.165) is 57.8 Å². The van der Waals surface area contributed by atoms with Gasteiger partial charge in [-0.05, 0) is 51.4 Å². The number of rotatable bonds is 24. The van der Waals surface area contributed by atoms with Crippen LogP contribution in [-0.4, -0.2) is 29.1 Å². The predicted octanol–water partition coefficient (Wildman–Crippen LogP) is -5.80. The Hall–Kier alpha value is 0.162. The molecule has 0 aromatic heterocycles. The third kappa shape index (κ3) is 49.6. The van der Waals surface area contributed by atoms with Gasteiger partial charge >= 0.3 is 56.6 Å². The van der Waals surface area contributed by atoms with Gasteiger partial charge in [0.1, 0.15) is 0 Å². The van der Waals surface area contributed by atoms with Gasteiger partial charge in [-0.25, -0.2) is 0 Å². The van der Waals surface area contributed by atoms with Crippen LogP contribution in [-0.2, 0) is 14.4 Å². The molecule has 1 N–H and O–H groups in total. The van der Waals surface area contributed by atoms with Crippen molar-refractivity contribution in [2.24, 2.45) is 0 Å². The Morgan fingerprint density at radius 3 is 1.00 bits per heavy atom. The van der Waals surface area contributed by atoms with E-state index in [4.69, 9.17) is 0 Å². The van der Waals surface area contributed by atoms with Gasteiger partial charge in [-0.1, -0.05) is 96.8 Å². The van der Waals surface area contributed by atoms with E-state index in [1.54, 1.807) is 0 Å². The van der Waals surface area contributed by atoms with Gasteiger partial charge in [0.2, 0.25) is 0 Å². The quantitative estimate of drug-likeness (QED) is 0.102. The average molecular weight is 507 g/mol. The van der Waals surface area contributed by atoms with Gasteiger partial charge < -0.3 is 34.8 Å². The van der Waals surface area contributed by atoms with Gasteiger partial charge in [0.05, 0.1) is 6.10 Å². The molecule has 0 bridgehead atoms. The Balaban J connectivity index is -0.000000187. The zero-order chi connectivity index (χ0) is 25.9. The van der Waals surface area contributed by atoms with E-state index in [-0.39, 0.29) is 81.9 Å². The van der Waals surface area contributed by atoms with Gasteiger partial charge in [0.15, 0.2) is 0 Å². The number of aliphatic hydroxyl groups is 1. The number of aliphatic carboxylic acids is 3. The largest absolute Gasteiger partial charge is 1.00 e. The second-order valence-electron chi connectivity index (χ2n) is 9.25. The predicted molar refractivity (Wildman–Crippen MR) is 128 cm³/mol. The number of carboxylic acid groups (broad SMARTS) is 3. The molecule has 0 fully saturated rings. The van der Waals surface area contributed by atoms with Crippen LogP contribution in [0.5, 0.6) is 0 Å². The van der Waals surface area contributed by atoms with Crippen molar-refractivity contribution in [1.29, 1.82) is 0 Å². The molecule has 0 spiro atoms. The van der Waals surface area contributed by atoms with Gasteiger partial charge in [-0.15, -0.1) is 0 Å². The summed E-state index contributed by atoms with van der Waals surface area (Å²) >= 11 is 0. The van der Waals surface area contributed by atoms with Crippen molar-refractivity contribution in [1.82, 2.24) is 0 Å². The van der Waals surface area contributed by atoms with Crippen LogP contribution in [0.4, 0.5) is 0 Å². The van der Waals surface area contributed by atoms with Crippen LogP contribution in [0, 0.1) is 0 Å².